The minimum absolute atomic E-state index is 0.00323. The van der Waals surface area contributed by atoms with Crippen LogP contribution in [0.1, 0.15) is 23.4 Å². The van der Waals surface area contributed by atoms with Crippen LogP contribution in [0, 0.1) is 26.2 Å². The smallest absolute Gasteiger partial charge is 0.306 e. The summed E-state index contributed by atoms with van der Waals surface area (Å²) in [6.45, 7) is 2.99. The normalized spacial score (nSPS) is 10.3. The van der Waals surface area contributed by atoms with Crippen molar-refractivity contribution in [3.8, 4) is 12.3 Å². The molecule has 0 aliphatic heterocycles. The number of aryl methyl sites for hydroxylation is 2. The van der Waals surface area contributed by atoms with Crippen LogP contribution in [0.3, 0.4) is 0 Å². The molecule has 9 heteroatoms. The Morgan fingerprint density at radius 3 is 2.50 bits per heavy atom. The highest BCUT2D eigenvalue weighted by Crippen LogP contribution is 2.24. The number of esters is 1. The average Bonchev–Trinajstić information content (AvgIpc) is 2.49. The summed E-state index contributed by atoms with van der Waals surface area (Å²) in [4.78, 5) is 30.9. The van der Waals surface area contributed by atoms with Gasteiger partial charge in [-0.2, -0.15) is 8.78 Å². The number of hydrogen-bond donors (Lipinski definition) is 1. The summed E-state index contributed by atoms with van der Waals surface area (Å²) >= 11 is 0.272. The van der Waals surface area contributed by atoms with Gasteiger partial charge in [0.2, 0.25) is 0 Å². The first-order valence-corrected chi connectivity index (χ1v) is 7.86. The summed E-state index contributed by atoms with van der Waals surface area (Å²) in [5, 5.41) is 2.36. The second kappa shape index (κ2) is 9.82. The molecule has 1 amide bonds. The summed E-state index contributed by atoms with van der Waals surface area (Å²) in [5.41, 5.74) is 1.76. The Hall–Kier alpha value is -2.21. The number of rotatable bonds is 8. The van der Waals surface area contributed by atoms with Gasteiger partial charge in [-0.3, -0.25) is 9.59 Å². The molecule has 1 aromatic heterocycles. The lowest BCUT2D eigenvalue weighted by atomic mass is 10.1. The van der Waals surface area contributed by atoms with Crippen LogP contribution in [0.15, 0.2) is 5.16 Å². The van der Waals surface area contributed by atoms with Gasteiger partial charge in [-0.25, -0.2) is 9.97 Å². The van der Waals surface area contributed by atoms with E-state index in [1.165, 1.54) is 0 Å². The third-order valence-electron chi connectivity index (χ3n) is 2.93. The molecule has 0 saturated heterocycles. The van der Waals surface area contributed by atoms with E-state index in [9.17, 15) is 18.4 Å². The highest BCUT2D eigenvalue weighted by molar-refractivity contribution is 7.99. The van der Waals surface area contributed by atoms with Crippen molar-refractivity contribution in [1.29, 1.82) is 0 Å². The van der Waals surface area contributed by atoms with Crippen molar-refractivity contribution in [3.05, 3.63) is 17.0 Å². The molecule has 6 nitrogen and oxygen atoms in total. The second-order valence-corrected chi connectivity index (χ2v) is 5.63. The lowest BCUT2D eigenvalue weighted by Crippen LogP contribution is -2.29. The maximum atomic E-state index is 12.3. The number of carbonyl (C=O) groups is 2. The van der Waals surface area contributed by atoms with Gasteiger partial charge in [0.05, 0.1) is 6.54 Å². The fourth-order valence-electron chi connectivity index (χ4n) is 1.85. The summed E-state index contributed by atoms with van der Waals surface area (Å²) in [7, 11) is 0. The van der Waals surface area contributed by atoms with Crippen LogP contribution in [0.4, 0.5) is 8.78 Å². The third kappa shape index (κ3) is 6.91. The van der Waals surface area contributed by atoms with Crippen LogP contribution >= 0.6 is 11.8 Å². The molecule has 1 heterocycles. The molecule has 1 rings (SSSR count). The second-order valence-electron chi connectivity index (χ2n) is 4.68. The van der Waals surface area contributed by atoms with Gasteiger partial charge in [0.1, 0.15) is 0 Å². The average molecular weight is 357 g/mol. The molecule has 0 spiro atoms. The van der Waals surface area contributed by atoms with Gasteiger partial charge in [-0.15, -0.1) is 6.42 Å². The van der Waals surface area contributed by atoms with Crippen LogP contribution in [0.5, 0.6) is 0 Å². The Kier molecular flexibility index (Phi) is 8.12. The molecule has 0 atom stereocenters. The first kappa shape index (κ1) is 19.8. The standard InChI is InChI=1S/C15H17F2N3O3S/c1-4-7-18-12(21)8-23-13(22)6-5-11-9(2)19-15(20-10(11)3)24-14(16)17/h1,14H,5-8H2,2-3H3,(H,18,21). The number of nitrogens with zero attached hydrogens (tertiary/aromatic N) is 2. The van der Waals surface area contributed by atoms with E-state index in [1.807, 2.05) is 0 Å². The number of halogens is 2. The zero-order chi connectivity index (χ0) is 18.1. The number of nitrogens with one attached hydrogen (secondary N) is 1. The molecule has 130 valence electrons. The van der Waals surface area contributed by atoms with Crippen molar-refractivity contribution >= 4 is 23.6 Å². The van der Waals surface area contributed by atoms with Crippen molar-refractivity contribution in [1.82, 2.24) is 15.3 Å². The van der Waals surface area contributed by atoms with Gasteiger partial charge in [0.15, 0.2) is 11.8 Å². The van der Waals surface area contributed by atoms with Gasteiger partial charge in [0.25, 0.3) is 11.7 Å². The van der Waals surface area contributed by atoms with Gasteiger partial charge < -0.3 is 10.1 Å². The van der Waals surface area contributed by atoms with Crippen LogP contribution in [-0.4, -0.2) is 40.8 Å². The van der Waals surface area contributed by atoms with E-state index in [2.05, 4.69) is 21.2 Å². The minimum atomic E-state index is -2.59. The number of terminal acetylenes is 1. The Bertz CT molecular complexity index is 624. The van der Waals surface area contributed by atoms with E-state index in [-0.39, 0.29) is 29.9 Å². The lowest BCUT2D eigenvalue weighted by Gasteiger charge is -2.10. The predicted molar refractivity (Wildman–Crippen MR) is 84.5 cm³/mol. The molecule has 24 heavy (non-hydrogen) atoms. The topological polar surface area (TPSA) is 81.2 Å². The van der Waals surface area contributed by atoms with Gasteiger partial charge in [-0.1, -0.05) is 5.92 Å². The number of aromatic nitrogens is 2. The van der Waals surface area contributed by atoms with Crippen molar-refractivity contribution < 1.29 is 23.1 Å². The molecule has 0 fully saturated rings. The molecule has 0 aromatic carbocycles. The van der Waals surface area contributed by atoms with Crippen molar-refractivity contribution in [3.63, 3.8) is 0 Å². The molecule has 0 aliphatic carbocycles. The summed E-state index contributed by atoms with van der Waals surface area (Å²) in [6, 6.07) is 0. The molecule has 0 saturated carbocycles. The molecule has 0 bridgehead atoms. The van der Waals surface area contributed by atoms with Crippen molar-refractivity contribution in [2.24, 2.45) is 0 Å². The highest BCUT2D eigenvalue weighted by atomic mass is 32.2. The van der Waals surface area contributed by atoms with E-state index in [0.29, 0.717) is 23.4 Å². The minimum Gasteiger partial charge on any atom is -0.456 e. The van der Waals surface area contributed by atoms with Crippen molar-refractivity contribution in [2.45, 2.75) is 37.6 Å². The lowest BCUT2D eigenvalue weighted by molar-refractivity contribution is -0.148. The molecular formula is C15H17F2N3O3S. The molecule has 1 N–H and O–H groups in total. The molecular weight excluding hydrogens is 340 g/mol. The first-order valence-electron chi connectivity index (χ1n) is 6.98. The van der Waals surface area contributed by atoms with Crippen molar-refractivity contribution in [2.75, 3.05) is 13.2 Å². The largest absolute Gasteiger partial charge is 0.456 e. The monoisotopic (exact) mass is 357 g/mol. The van der Waals surface area contributed by atoms with Gasteiger partial charge in [0, 0.05) is 17.8 Å². The third-order valence-corrected chi connectivity index (χ3v) is 3.50. The summed E-state index contributed by atoms with van der Waals surface area (Å²) < 4.78 is 29.5. The van der Waals surface area contributed by atoms with E-state index in [0.717, 1.165) is 0 Å². The maximum Gasteiger partial charge on any atom is 0.306 e. The SMILES string of the molecule is C#CCNC(=O)COC(=O)CCc1c(C)nc(SC(F)F)nc1C. The van der Waals surface area contributed by atoms with E-state index in [1.54, 1.807) is 13.8 Å². The molecule has 1 aromatic rings. The highest BCUT2D eigenvalue weighted by Gasteiger charge is 2.15. The molecule has 0 radical (unpaired) electrons. The fourth-order valence-corrected chi connectivity index (χ4v) is 2.39. The van der Waals surface area contributed by atoms with Crippen LogP contribution in [0.2, 0.25) is 0 Å². The number of carbonyl (C=O) groups excluding carboxylic acids is 2. The van der Waals surface area contributed by atoms with Gasteiger partial charge in [-0.05, 0) is 37.6 Å². The Morgan fingerprint density at radius 2 is 1.96 bits per heavy atom. The van der Waals surface area contributed by atoms with Crippen LogP contribution in [0.25, 0.3) is 0 Å². The number of ether oxygens (including phenoxy) is 1. The quantitative estimate of drug-likeness (QED) is 0.330. The van der Waals surface area contributed by atoms with Gasteiger partial charge >= 0.3 is 5.97 Å². The molecule has 0 unspecified atom stereocenters. The van der Waals surface area contributed by atoms with E-state index >= 15 is 0 Å². The van der Waals surface area contributed by atoms with Crippen LogP contribution in [-0.2, 0) is 20.7 Å². The Labute approximate surface area is 142 Å². The fraction of sp³-hybridized carbons (Fsp3) is 0.467. The van der Waals surface area contributed by atoms with Crippen LogP contribution < -0.4 is 5.32 Å². The zero-order valence-corrected chi connectivity index (χ0v) is 14.1. The zero-order valence-electron chi connectivity index (χ0n) is 13.3. The Balaban J connectivity index is 2.53. The first-order chi connectivity index (χ1) is 11.3. The number of amides is 1. The number of alkyl halides is 2. The van der Waals surface area contributed by atoms with E-state index in [4.69, 9.17) is 11.2 Å². The molecule has 0 aliphatic rings. The number of thioether (sulfide) groups is 1. The van der Waals surface area contributed by atoms with E-state index < -0.39 is 24.2 Å². The maximum absolute atomic E-state index is 12.3. The summed E-state index contributed by atoms with van der Waals surface area (Å²) in [5.74, 6) is -1.41. The summed E-state index contributed by atoms with van der Waals surface area (Å²) in [6.07, 6.45) is 5.30. The Morgan fingerprint density at radius 1 is 1.33 bits per heavy atom. The predicted octanol–water partition coefficient (Wildman–Crippen LogP) is 1.63. The number of hydrogen-bond acceptors (Lipinski definition) is 6.